The third-order valence-electron chi connectivity index (χ3n) is 2.75. The van der Waals surface area contributed by atoms with Crippen molar-refractivity contribution in [2.45, 2.75) is 25.5 Å². The highest BCUT2D eigenvalue weighted by atomic mass is 32.2. The fourth-order valence-corrected chi connectivity index (χ4v) is 2.41. The number of urea groups is 1. The Kier molecular flexibility index (Phi) is 5.54. The molecule has 1 heterocycles. The Labute approximate surface area is 108 Å². The molecule has 0 saturated carbocycles. The highest BCUT2D eigenvalue weighted by Crippen LogP contribution is 2.17. The molecule has 0 radical (unpaired) electrons. The van der Waals surface area contributed by atoms with Gasteiger partial charge in [0.2, 0.25) is 0 Å². The van der Waals surface area contributed by atoms with Gasteiger partial charge in [0.05, 0.1) is 6.10 Å². The van der Waals surface area contributed by atoms with Crippen LogP contribution in [0.3, 0.4) is 0 Å². The number of nitrogens with zero attached hydrogens (tertiary/aromatic N) is 1. The maximum atomic E-state index is 11.7. The van der Waals surface area contributed by atoms with Gasteiger partial charge in [-0.05, 0) is 0 Å². The van der Waals surface area contributed by atoms with Crippen LogP contribution in [0.25, 0.3) is 0 Å². The summed E-state index contributed by atoms with van der Waals surface area (Å²) in [5.41, 5.74) is 0. The maximum Gasteiger partial charge on any atom is 0.326 e. The Hall–Kier alpha value is -1.15. The van der Waals surface area contributed by atoms with Crippen LogP contribution in [0.15, 0.2) is 0 Å². The van der Waals surface area contributed by atoms with Crippen LogP contribution < -0.4 is 5.32 Å². The van der Waals surface area contributed by atoms with Crippen LogP contribution >= 0.6 is 0 Å². The summed E-state index contributed by atoms with van der Waals surface area (Å²) in [6, 6.07) is -1.52. The molecule has 1 saturated heterocycles. The van der Waals surface area contributed by atoms with E-state index in [1.165, 1.54) is 0 Å². The monoisotopic (exact) mass is 278 g/mol. The number of likely N-dealkylation sites (tertiary alicyclic amines) is 1. The second kappa shape index (κ2) is 6.69. The molecule has 1 fully saturated rings. The van der Waals surface area contributed by atoms with Crippen LogP contribution in [0.2, 0.25) is 0 Å². The number of aliphatic hydroxyl groups excluding tert-OH is 1. The average molecular weight is 278 g/mol. The van der Waals surface area contributed by atoms with Gasteiger partial charge in [0.25, 0.3) is 0 Å². The van der Waals surface area contributed by atoms with E-state index in [0.29, 0.717) is 11.5 Å². The number of aliphatic carboxylic acids is 1. The van der Waals surface area contributed by atoms with Crippen molar-refractivity contribution in [2.24, 2.45) is 0 Å². The van der Waals surface area contributed by atoms with Crippen LogP contribution in [-0.2, 0) is 15.6 Å². The lowest BCUT2D eigenvalue weighted by Crippen LogP contribution is -2.47. The van der Waals surface area contributed by atoms with Gasteiger partial charge in [0, 0.05) is 41.8 Å². The Bertz CT molecular complexity index is 349. The Morgan fingerprint density at radius 2 is 2.17 bits per heavy atom. The Balaban J connectivity index is 2.45. The molecule has 3 atom stereocenters. The fraction of sp³-hybridized carbons (Fsp3) is 0.800. The Morgan fingerprint density at radius 3 is 2.72 bits per heavy atom. The van der Waals surface area contributed by atoms with Crippen molar-refractivity contribution in [2.75, 3.05) is 24.6 Å². The molecule has 0 aromatic carbocycles. The zero-order valence-electron chi connectivity index (χ0n) is 10.2. The minimum atomic E-state index is -1.13. The quantitative estimate of drug-likeness (QED) is 0.597. The molecule has 0 spiro atoms. The highest BCUT2D eigenvalue weighted by Gasteiger charge is 2.38. The van der Waals surface area contributed by atoms with E-state index >= 15 is 0 Å². The van der Waals surface area contributed by atoms with E-state index in [-0.39, 0.29) is 19.5 Å². The SMILES string of the molecule is CCS(=O)CCNC(=O)N1C[C@@H](O)C[C@H]1C(=O)O. The first-order valence-electron chi connectivity index (χ1n) is 5.76. The number of aliphatic hydroxyl groups is 1. The normalized spacial score (nSPS) is 24.9. The molecule has 18 heavy (non-hydrogen) atoms. The standard InChI is InChI=1S/C10H18N2O5S/c1-2-18(17)4-3-11-10(16)12-6-7(13)5-8(12)9(14)15/h7-8,13H,2-6H2,1H3,(H,11,16)(H,14,15)/t7-,8-,18?/m0/s1. The van der Waals surface area contributed by atoms with Crippen molar-refractivity contribution in [3.63, 3.8) is 0 Å². The average Bonchev–Trinajstić information content (AvgIpc) is 2.71. The summed E-state index contributed by atoms with van der Waals surface area (Å²) in [6.45, 7) is 2.03. The molecule has 1 rings (SSSR count). The maximum absolute atomic E-state index is 11.7. The number of carbonyl (C=O) groups excluding carboxylic acids is 1. The van der Waals surface area contributed by atoms with Crippen molar-refractivity contribution in [3.05, 3.63) is 0 Å². The van der Waals surface area contributed by atoms with Crippen LogP contribution in [0, 0.1) is 0 Å². The molecule has 0 aromatic rings. The lowest BCUT2D eigenvalue weighted by molar-refractivity contribution is -0.141. The number of carboxylic acid groups (broad SMARTS) is 1. The van der Waals surface area contributed by atoms with Gasteiger partial charge in [-0.1, -0.05) is 6.92 Å². The van der Waals surface area contributed by atoms with Gasteiger partial charge in [-0.15, -0.1) is 0 Å². The van der Waals surface area contributed by atoms with E-state index in [1.807, 2.05) is 0 Å². The van der Waals surface area contributed by atoms with Crippen LogP contribution in [0.5, 0.6) is 0 Å². The van der Waals surface area contributed by atoms with Crippen molar-refractivity contribution in [1.82, 2.24) is 10.2 Å². The van der Waals surface area contributed by atoms with Crippen LogP contribution in [0.4, 0.5) is 4.79 Å². The molecule has 7 nitrogen and oxygen atoms in total. The summed E-state index contributed by atoms with van der Waals surface area (Å²) in [5, 5.41) is 20.8. The number of hydrogen-bond acceptors (Lipinski definition) is 4. The zero-order chi connectivity index (χ0) is 13.7. The molecular weight excluding hydrogens is 260 g/mol. The first kappa shape index (κ1) is 14.9. The predicted octanol–water partition coefficient (Wildman–Crippen LogP) is -1.02. The van der Waals surface area contributed by atoms with Gasteiger partial charge in [0.15, 0.2) is 0 Å². The van der Waals surface area contributed by atoms with E-state index in [0.717, 1.165) is 4.90 Å². The number of nitrogens with one attached hydrogen (secondary N) is 1. The summed E-state index contributed by atoms with van der Waals surface area (Å²) in [4.78, 5) is 23.7. The van der Waals surface area contributed by atoms with Gasteiger partial charge in [-0.3, -0.25) is 4.21 Å². The van der Waals surface area contributed by atoms with E-state index in [4.69, 9.17) is 5.11 Å². The van der Waals surface area contributed by atoms with Crippen molar-refractivity contribution >= 4 is 22.8 Å². The van der Waals surface area contributed by atoms with Crippen molar-refractivity contribution in [3.8, 4) is 0 Å². The number of carboxylic acids is 1. The minimum absolute atomic E-state index is 0.0136. The van der Waals surface area contributed by atoms with E-state index in [2.05, 4.69) is 5.32 Å². The van der Waals surface area contributed by atoms with E-state index < -0.39 is 34.9 Å². The van der Waals surface area contributed by atoms with E-state index in [9.17, 15) is 18.9 Å². The molecular formula is C10H18N2O5S. The molecule has 1 unspecified atom stereocenters. The first-order valence-corrected chi connectivity index (χ1v) is 7.24. The molecule has 104 valence electrons. The van der Waals surface area contributed by atoms with Crippen LogP contribution in [0.1, 0.15) is 13.3 Å². The number of carbonyl (C=O) groups is 2. The molecule has 0 bridgehead atoms. The second-order valence-corrected chi connectivity index (χ2v) is 5.93. The minimum Gasteiger partial charge on any atom is -0.480 e. The van der Waals surface area contributed by atoms with Crippen molar-refractivity contribution < 1.29 is 24.0 Å². The molecule has 0 aromatic heterocycles. The fourth-order valence-electron chi connectivity index (χ4n) is 1.79. The third kappa shape index (κ3) is 3.95. The molecule has 1 aliphatic rings. The zero-order valence-corrected chi connectivity index (χ0v) is 11.0. The summed E-state index contributed by atoms with van der Waals surface area (Å²) in [7, 11) is -0.968. The third-order valence-corrected chi connectivity index (χ3v) is 4.06. The Morgan fingerprint density at radius 1 is 1.50 bits per heavy atom. The van der Waals surface area contributed by atoms with Gasteiger partial charge < -0.3 is 20.4 Å². The predicted molar refractivity (Wildman–Crippen MR) is 65.7 cm³/mol. The van der Waals surface area contributed by atoms with Crippen molar-refractivity contribution in [1.29, 1.82) is 0 Å². The first-order chi connectivity index (χ1) is 8.45. The molecule has 0 aliphatic carbocycles. The summed E-state index contributed by atoms with van der Waals surface area (Å²) < 4.78 is 11.2. The number of amides is 2. The largest absolute Gasteiger partial charge is 0.480 e. The molecule has 1 aliphatic heterocycles. The highest BCUT2D eigenvalue weighted by molar-refractivity contribution is 7.84. The van der Waals surface area contributed by atoms with Crippen LogP contribution in [-0.4, -0.2) is 68.1 Å². The number of β-amino-alcohol motifs (C(OH)–C–C–N with tert-alkyl or cyclic N) is 1. The molecule has 3 N–H and O–H groups in total. The molecule has 8 heteroatoms. The van der Waals surface area contributed by atoms with Gasteiger partial charge >= 0.3 is 12.0 Å². The van der Waals surface area contributed by atoms with E-state index in [1.54, 1.807) is 6.92 Å². The second-order valence-electron chi connectivity index (χ2n) is 4.06. The lowest BCUT2D eigenvalue weighted by atomic mass is 10.2. The topological polar surface area (TPSA) is 107 Å². The summed E-state index contributed by atoms with van der Waals surface area (Å²) in [6.07, 6.45) is -0.759. The van der Waals surface area contributed by atoms with Gasteiger partial charge in [-0.25, -0.2) is 9.59 Å². The molecule has 2 amide bonds. The number of rotatable bonds is 5. The smallest absolute Gasteiger partial charge is 0.326 e. The summed E-state index contributed by atoms with van der Waals surface area (Å²) >= 11 is 0. The number of hydrogen-bond donors (Lipinski definition) is 3. The summed E-state index contributed by atoms with van der Waals surface area (Å²) in [5.74, 6) is -0.259. The lowest BCUT2D eigenvalue weighted by Gasteiger charge is -2.21. The van der Waals surface area contributed by atoms with Gasteiger partial charge in [-0.2, -0.15) is 0 Å². The van der Waals surface area contributed by atoms with Gasteiger partial charge in [0.1, 0.15) is 6.04 Å².